The fraction of sp³-hybridized carbons (Fsp3) is 0.308. The van der Waals surface area contributed by atoms with Gasteiger partial charge in [0, 0.05) is 17.5 Å². The summed E-state index contributed by atoms with van der Waals surface area (Å²) >= 11 is 0. The van der Waals surface area contributed by atoms with E-state index in [9.17, 15) is 4.79 Å². The fourth-order valence-corrected chi connectivity index (χ4v) is 1.70. The predicted octanol–water partition coefficient (Wildman–Crippen LogP) is 2.49. The monoisotopic (exact) mass is 253 g/mol. The summed E-state index contributed by atoms with van der Waals surface area (Å²) in [7, 11) is 0. The zero-order chi connectivity index (χ0) is 11.5. The van der Waals surface area contributed by atoms with Gasteiger partial charge in [0.2, 0.25) is 0 Å². The first kappa shape index (κ1) is 13.7. The van der Waals surface area contributed by atoms with Crippen LogP contribution >= 0.6 is 12.4 Å². The summed E-state index contributed by atoms with van der Waals surface area (Å²) in [6.45, 7) is 2.07. The SMILES string of the molecule is CCC(N)Cc1ccc2oc(=O)ccc2c1.Cl. The Morgan fingerprint density at radius 2 is 2.06 bits per heavy atom. The van der Waals surface area contributed by atoms with Gasteiger partial charge >= 0.3 is 5.63 Å². The zero-order valence-corrected chi connectivity index (χ0v) is 10.5. The minimum Gasteiger partial charge on any atom is -0.423 e. The van der Waals surface area contributed by atoms with Crippen LogP contribution in [0.2, 0.25) is 0 Å². The predicted molar refractivity (Wildman–Crippen MR) is 71.7 cm³/mol. The molecule has 2 N–H and O–H groups in total. The number of halogens is 1. The Morgan fingerprint density at radius 1 is 1.29 bits per heavy atom. The maximum atomic E-state index is 11.0. The molecule has 3 nitrogen and oxygen atoms in total. The van der Waals surface area contributed by atoms with Crippen molar-refractivity contribution in [2.75, 3.05) is 0 Å². The van der Waals surface area contributed by atoms with Crippen molar-refractivity contribution in [2.24, 2.45) is 5.73 Å². The van der Waals surface area contributed by atoms with E-state index in [-0.39, 0.29) is 24.1 Å². The van der Waals surface area contributed by atoms with Gasteiger partial charge in [-0.3, -0.25) is 0 Å². The molecule has 0 saturated carbocycles. The number of benzene rings is 1. The van der Waals surface area contributed by atoms with Gasteiger partial charge in [0.1, 0.15) is 5.58 Å². The maximum Gasteiger partial charge on any atom is 0.336 e. The molecule has 1 unspecified atom stereocenters. The maximum absolute atomic E-state index is 11.0. The summed E-state index contributed by atoms with van der Waals surface area (Å²) in [4.78, 5) is 11.0. The van der Waals surface area contributed by atoms with Crippen LogP contribution in [0.5, 0.6) is 0 Å². The van der Waals surface area contributed by atoms with Gasteiger partial charge in [0.15, 0.2) is 0 Å². The van der Waals surface area contributed by atoms with E-state index in [1.54, 1.807) is 6.07 Å². The third-order valence-electron chi connectivity index (χ3n) is 2.71. The van der Waals surface area contributed by atoms with Gasteiger partial charge in [0.25, 0.3) is 0 Å². The topological polar surface area (TPSA) is 56.2 Å². The highest BCUT2D eigenvalue weighted by atomic mass is 35.5. The van der Waals surface area contributed by atoms with Crippen molar-refractivity contribution in [3.8, 4) is 0 Å². The average Bonchev–Trinajstić information content (AvgIpc) is 2.29. The van der Waals surface area contributed by atoms with Crippen molar-refractivity contribution in [3.05, 3.63) is 46.3 Å². The second-order valence-corrected chi connectivity index (χ2v) is 4.00. The molecule has 2 aromatic rings. The molecule has 0 saturated heterocycles. The van der Waals surface area contributed by atoms with Gasteiger partial charge in [-0.1, -0.05) is 13.0 Å². The normalized spacial score (nSPS) is 12.1. The lowest BCUT2D eigenvalue weighted by Gasteiger charge is -2.08. The summed E-state index contributed by atoms with van der Waals surface area (Å²) in [5.41, 5.74) is 7.39. The van der Waals surface area contributed by atoms with E-state index in [1.165, 1.54) is 11.6 Å². The van der Waals surface area contributed by atoms with Crippen molar-refractivity contribution in [1.82, 2.24) is 0 Å². The molecule has 1 aromatic heterocycles. The van der Waals surface area contributed by atoms with Gasteiger partial charge in [-0.25, -0.2) is 4.79 Å². The standard InChI is InChI=1S/C13H15NO2.ClH/c1-2-11(14)8-9-3-5-12-10(7-9)4-6-13(15)16-12;/h3-7,11H,2,8,14H2,1H3;1H. The Morgan fingerprint density at radius 3 is 2.76 bits per heavy atom. The highest BCUT2D eigenvalue weighted by Gasteiger charge is 2.03. The molecule has 92 valence electrons. The fourth-order valence-electron chi connectivity index (χ4n) is 1.70. The molecule has 0 aliphatic carbocycles. The van der Waals surface area contributed by atoms with Crippen LogP contribution in [0.15, 0.2) is 39.5 Å². The van der Waals surface area contributed by atoms with E-state index in [2.05, 4.69) is 6.92 Å². The van der Waals surface area contributed by atoms with Crippen LogP contribution in [0.25, 0.3) is 11.0 Å². The van der Waals surface area contributed by atoms with Crippen LogP contribution in [-0.4, -0.2) is 6.04 Å². The first-order chi connectivity index (χ1) is 7.69. The lowest BCUT2D eigenvalue weighted by atomic mass is 10.0. The van der Waals surface area contributed by atoms with Crippen molar-refractivity contribution in [2.45, 2.75) is 25.8 Å². The molecule has 2 rings (SSSR count). The zero-order valence-electron chi connectivity index (χ0n) is 9.68. The van der Waals surface area contributed by atoms with Crippen molar-refractivity contribution in [1.29, 1.82) is 0 Å². The summed E-state index contributed by atoms with van der Waals surface area (Å²) in [6, 6.07) is 9.21. The Balaban J connectivity index is 0.00000144. The molecule has 0 aliphatic rings. The van der Waals surface area contributed by atoms with Crippen LogP contribution in [0.4, 0.5) is 0 Å². The number of fused-ring (bicyclic) bond motifs is 1. The van der Waals surface area contributed by atoms with Crippen LogP contribution in [0.1, 0.15) is 18.9 Å². The molecule has 0 fully saturated rings. The summed E-state index contributed by atoms with van der Waals surface area (Å²) < 4.78 is 5.06. The van der Waals surface area contributed by atoms with E-state index in [4.69, 9.17) is 10.2 Å². The molecule has 1 heterocycles. The lowest BCUT2D eigenvalue weighted by molar-refractivity contribution is 0.560. The minimum absolute atomic E-state index is 0. The van der Waals surface area contributed by atoms with Crippen LogP contribution in [0.3, 0.4) is 0 Å². The van der Waals surface area contributed by atoms with Gasteiger partial charge in [-0.05, 0) is 36.6 Å². The molecular weight excluding hydrogens is 238 g/mol. The molecule has 1 aromatic carbocycles. The van der Waals surface area contributed by atoms with Crippen LogP contribution in [0, 0.1) is 0 Å². The molecule has 0 bridgehead atoms. The highest BCUT2D eigenvalue weighted by molar-refractivity contribution is 5.85. The van der Waals surface area contributed by atoms with Gasteiger partial charge in [-0.15, -0.1) is 12.4 Å². The molecule has 0 amide bonds. The minimum atomic E-state index is -0.314. The summed E-state index contributed by atoms with van der Waals surface area (Å²) in [5, 5.41) is 0.945. The second-order valence-electron chi connectivity index (χ2n) is 4.00. The molecule has 17 heavy (non-hydrogen) atoms. The second kappa shape index (κ2) is 5.84. The summed E-state index contributed by atoms with van der Waals surface area (Å²) in [6.07, 6.45) is 1.81. The van der Waals surface area contributed by atoms with E-state index < -0.39 is 0 Å². The van der Waals surface area contributed by atoms with E-state index in [0.717, 1.165) is 18.2 Å². The number of hydrogen-bond donors (Lipinski definition) is 1. The number of rotatable bonds is 3. The van der Waals surface area contributed by atoms with E-state index in [0.29, 0.717) is 5.58 Å². The van der Waals surface area contributed by atoms with E-state index >= 15 is 0 Å². The van der Waals surface area contributed by atoms with E-state index in [1.807, 2.05) is 18.2 Å². The smallest absolute Gasteiger partial charge is 0.336 e. The van der Waals surface area contributed by atoms with Crippen LogP contribution in [-0.2, 0) is 6.42 Å². The third-order valence-corrected chi connectivity index (χ3v) is 2.71. The van der Waals surface area contributed by atoms with Gasteiger partial charge in [-0.2, -0.15) is 0 Å². The summed E-state index contributed by atoms with van der Waals surface area (Å²) in [5.74, 6) is 0. The van der Waals surface area contributed by atoms with Crippen molar-refractivity contribution in [3.63, 3.8) is 0 Å². The largest absolute Gasteiger partial charge is 0.423 e. The number of hydrogen-bond acceptors (Lipinski definition) is 3. The Bertz CT molecular complexity index is 550. The van der Waals surface area contributed by atoms with Crippen LogP contribution < -0.4 is 11.4 Å². The molecule has 1 atom stereocenters. The highest BCUT2D eigenvalue weighted by Crippen LogP contribution is 2.15. The van der Waals surface area contributed by atoms with Crippen molar-refractivity contribution >= 4 is 23.4 Å². The van der Waals surface area contributed by atoms with Gasteiger partial charge < -0.3 is 10.2 Å². The molecule has 0 radical (unpaired) electrons. The quantitative estimate of drug-likeness (QED) is 0.855. The van der Waals surface area contributed by atoms with Crippen molar-refractivity contribution < 1.29 is 4.42 Å². The number of nitrogens with two attached hydrogens (primary N) is 1. The average molecular weight is 254 g/mol. The third kappa shape index (κ3) is 3.32. The Kier molecular flexibility index (Phi) is 4.73. The first-order valence-corrected chi connectivity index (χ1v) is 5.47. The molecular formula is C13H16ClNO2. The Labute approximate surface area is 106 Å². The molecule has 4 heteroatoms. The lowest BCUT2D eigenvalue weighted by Crippen LogP contribution is -2.21. The first-order valence-electron chi connectivity index (χ1n) is 5.47. The Hall–Kier alpha value is -1.32. The molecule has 0 spiro atoms. The molecule has 0 aliphatic heterocycles. The van der Waals surface area contributed by atoms with Gasteiger partial charge in [0.05, 0.1) is 0 Å².